The number of hydrogen-bond acceptors (Lipinski definition) is 6. The molecule has 0 atom stereocenters. The van der Waals surface area contributed by atoms with Gasteiger partial charge in [-0.3, -0.25) is 9.69 Å². The monoisotopic (exact) mass is 473 g/mol. The summed E-state index contributed by atoms with van der Waals surface area (Å²) in [5.74, 6) is 0.179. The summed E-state index contributed by atoms with van der Waals surface area (Å²) >= 11 is 3.07. The van der Waals surface area contributed by atoms with Crippen LogP contribution in [0.3, 0.4) is 0 Å². The molecule has 0 bridgehead atoms. The van der Waals surface area contributed by atoms with Gasteiger partial charge < -0.3 is 10.0 Å². The fourth-order valence-corrected chi connectivity index (χ4v) is 6.27. The summed E-state index contributed by atoms with van der Waals surface area (Å²) in [7, 11) is 0. The summed E-state index contributed by atoms with van der Waals surface area (Å²) in [5.41, 5.74) is 3.02. The molecule has 1 amide bonds. The number of anilines is 1. The fraction of sp³-hybridized carbons (Fsp3) is 0.154. The number of amidine groups is 1. The van der Waals surface area contributed by atoms with Crippen molar-refractivity contribution < 1.29 is 9.90 Å². The Morgan fingerprint density at radius 1 is 0.879 bits per heavy atom. The molecule has 0 radical (unpaired) electrons. The molecule has 1 saturated heterocycles. The molecule has 3 aromatic carbocycles. The second-order valence-electron chi connectivity index (χ2n) is 7.65. The molecular weight excluding hydrogens is 450 g/mol. The quantitative estimate of drug-likeness (QED) is 0.461. The number of phenols is 1. The zero-order valence-electron chi connectivity index (χ0n) is 18.1. The Kier molecular flexibility index (Phi) is 6.15. The number of carbonyl (C=O) groups is 1. The number of fused-ring (bicyclic) bond motifs is 1. The number of rotatable bonds is 5. The van der Waals surface area contributed by atoms with Crippen molar-refractivity contribution in [2.24, 2.45) is 4.99 Å². The molecule has 5 nitrogen and oxygen atoms in total. The molecule has 5 rings (SSSR count). The number of benzene rings is 3. The smallest absolute Gasteiger partial charge is 0.269 e. The van der Waals surface area contributed by atoms with Gasteiger partial charge in [0.25, 0.3) is 5.91 Å². The van der Waals surface area contributed by atoms with Gasteiger partial charge in [-0.15, -0.1) is 0 Å². The lowest BCUT2D eigenvalue weighted by Crippen LogP contribution is -2.32. The third-order valence-corrected chi connectivity index (χ3v) is 7.90. The summed E-state index contributed by atoms with van der Waals surface area (Å²) in [6, 6.07) is 25.2. The van der Waals surface area contributed by atoms with Crippen molar-refractivity contribution >= 4 is 46.0 Å². The summed E-state index contributed by atoms with van der Waals surface area (Å²) in [6.07, 6.45) is 0.745. The maximum atomic E-state index is 13.7. The van der Waals surface area contributed by atoms with E-state index >= 15 is 0 Å². The maximum absolute atomic E-state index is 13.7. The lowest BCUT2D eigenvalue weighted by Gasteiger charge is -2.19. The predicted molar refractivity (Wildman–Crippen MR) is 137 cm³/mol. The summed E-state index contributed by atoms with van der Waals surface area (Å²) in [6.45, 7) is 3.43. The van der Waals surface area contributed by atoms with Gasteiger partial charge in [0.2, 0.25) is 0 Å². The van der Waals surface area contributed by atoms with Gasteiger partial charge in [-0.1, -0.05) is 54.2 Å². The van der Waals surface area contributed by atoms with Crippen molar-refractivity contribution in [3.05, 3.63) is 94.4 Å². The van der Waals surface area contributed by atoms with Gasteiger partial charge in [0.15, 0.2) is 5.17 Å². The van der Waals surface area contributed by atoms with E-state index in [4.69, 9.17) is 4.99 Å². The number of para-hydroxylation sites is 1. The van der Waals surface area contributed by atoms with Crippen LogP contribution in [0.25, 0.3) is 0 Å². The molecule has 7 heteroatoms. The highest BCUT2D eigenvalue weighted by Crippen LogP contribution is 2.50. The molecule has 3 aromatic rings. The van der Waals surface area contributed by atoms with Gasteiger partial charge in [0.05, 0.1) is 11.4 Å². The minimum atomic E-state index is -0.0118. The number of hydrogen-bond donors (Lipinski definition) is 1. The zero-order chi connectivity index (χ0) is 22.8. The Morgan fingerprint density at radius 2 is 1.61 bits per heavy atom. The fourth-order valence-electron chi connectivity index (χ4n) is 3.86. The molecule has 0 saturated carbocycles. The van der Waals surface area contributed by atoms with Crippen molar-refractivity contribution in [1.82, 2.24) is 4.90 Å². The molecule has 0 aromatic heterocycles. The number of amides is 1. The van der Waals surface area contributed by atoms with E-state index in [0.717, 1.165) is 28.6 Å². The number of nitrogens with zero attached hydrogens (tertiary/aromatic N) is 3. The molecule has 0 unspecified atom stereocenters. The first-order valence-corrected chi connectivity index (χ1v) is 12.5. The van der Waals surface area contributed by atoms with Crippen molar-refractivity contribution in [3.63, 3.8) is 0 Å². The summed E-state index contributed by atoms with van der Waals surface area (Å²) < 4.78 is 0. The number of carbonyl (C=O) groups excluding carboxylic acids is 1. The van der Waals surface area contributed by atoms with E-state index in [1.165, 1.54) is 17.3 Å². The van der Waals surface area contributed by atoms with Gasteiger partial charge in [0.1, 0.15) is 15.7 Å². The van der Waals surface area contributed by atoms with Crippen LogP contribution in [-0.2, 0) is 11.2 Å². The highest BCUT2D eigenvalue weighted by atomic mass is 32.2. The van der Waals surface area contributed by atoms with Gasteiger partial charge in [-0.2, -0.15) is 0 Å². The number of phenolic OH excluding ortho intramolecular Hbond substituents is 1. The minimum absolute atomic E-state index is 0.0118. The molecule has 1 N–H and O–H groups in total. The van der Waals surface area contributed by atoms with E-state index in [9.17, 15) is 9.90 Å². The summed E-state index contributed by atoms with van der Waals surface area (Å²) in [4.78, 5) is 24.3. The normalized spacial score (nSPS) is 18.9. The van der Waals surface area contributed by atoms with E-state index in [0.29, 0.717) is 22.3 Å². The minimum Gasteiger partial charge on any atom is -0.508 e. The number of aliphatic imine (C=N–C) groups is 1. The van der Waals surface area contributed by atoms with Gasteiger partial charge in [-0.25, -0.2) is 4.99 Å². The second-order valence-corrected chi connectivity index (χ2v) is 9.66. The third-order valence-electron chi connectivity index (χ3n) is 5.52. The number of thioether (sulfide) groups is 2. The van der Waals surface area contributed by atoms with Crippen LogP contribution in [0, 0.1) is 0 Å². The van der Waals surface area contributed by atoms with Crippen molar-refractivity contribution in [2.75, 3.05) is 18.0 Å². The van der Waals surface area contributed by atoms with Crippen molar-refractivity contribution in [3.8, 4) is 5.75 Å². The Balaban J connectivity index is 1.51. The first-order chi connectivity index (χ1) is 16.1. The molecule has 2 heterocycles. The van der Waals surface area contributed by atoms with Crippen LogP contribution < -0.4 is 4.90 Å². The second kappa shape index (κ2) is 9.37. The first kappa shape index (κ1) is 21.7. The standard InChI is InChI=1S/C26H23N3O2S2/c1-2-28-21-10-6-7-11-22(21)32-25(28)23-24(31)29(17-16-18-8-4-3-5-9-18)26(33-23)27-19-12-14-20(30)15-13-19/h3-15,30H,2,16-17H2,1H3. The third kappa shape index (κ3) is 4.38. The van der Waals surface area contributed by atoms with E-state index in [1.807, 2.05) is 30.3 Å². The molecule has 1 fully saturated rings. The maximum Gasteiger partial charge on any atom is 0.269 e. The molecular formula is C26H23N3O2S2. The van der Waals surface area contributed by atoms with Crippen LogP contribution in [-0.4, -0.2) is 34.2 Å². The van der Waals surface area contributed by atoms with E-state index in [1.54, 1.807) is 40.9 Å². The molecule has 0 spiro atoms. The molecule has 33 heavy (non-hydrogen) atoms. The van der Waals surface area contributed by atoms with Crippen molar-refractivity contribution in [2.45, 2.75) is 18.2 Å². The Bertz CT molecular complexity index is 1240. The highest BCUT2D eigenvalue weighted by Gasteiger charge is 2.39. The lowest BCUT2D eigenvalue weighted by molar-refractivity contribution is -0.122. The molecule has 0 aliphatic carbocycles. The van der Waals surface area contributed by atoms with Crippen LogP contribution in [0.15, 0.2) is 98.7 Å². The zero-order valence-corrected chi connectivity index (χ0v) is 19.8. The SMILES string of the molecule is CCN1C(=C2SC(=Nc3ccc(O)cc3)N(CCc3ccccc3)C2=O)Sc2ccccc21. The van der Waals surface area contributed by atoms with Gasteiger partial charge in [0, 0.05) is 18.0 Å². The predicted octanol–water partition coefficient (Wildman–Crippen LogP) is 6.00. The van der Waals surface area contributed by atoms with Crippen LogP contribution in [0.1, 0.15) is 12.5 Å². The lowest BCUT2D eigenvalue weighted by atomic mass is 10.1. The Labute approximate surface area is 201 Å². The largest absolute Gasteiger partial charge is 0.508 e. The first-order valence-electron chi connectivity index (χ1n) is 10.8. The van der Waals surface area contributed by atoms with Crippen LogP contribution >= 0.6 is 23.5 Å². The van der Waals surface area contributed by atoms with E-state index < -0.39 is 0 Å². The Morgan fingerprint density at radius 3 is 2.36 bits per heavy atom. The summed E-state index contributed by atoms with van der Waals surface area (Å²) in [5, 5.41) is 11.2. The number of aromatic hydroxyl groups is 1. The van der Waals surface area contributed by atoms with E-state index in [-0.39, 0.29) is 11.7 Å². The van der Waals surface area contributed by atoms with E-state index in [2.05, 4.69) is 36.1 Å². The van der Waals surface area contributed by atoms with Gasteiger partial charge >= 0.3 is 0 Å². The molecule has 2 aliphatic heterocycles. The average molecular weight is 474 g/mol. The van der Waals surface area contributed by atoms with Crippen LogP contribution in [0.5, 0.6) is 5.75 Å². The molecule has 166 valence electrons. The Hall–Kier alpha value is -3.16. The van der Waals surface area contributed by atoms with Crippen LogP contribution in [0.4, 0.5) is 11.4 Å². The highest BCUT2D eigenvalue weighted by molar-refractivity contribution is 8.19. The average Bonchev–Trinajstić information content (AvgIpc) is 3.36. The van der Waals surface area contributed by atoms with Gasteiger partial charge in [-0.05, 0) is 67.1 Å². The topological polar surface area (TPSA) is 56.1 Å². The van der Waals surface area contributed by atoms with Crippen LogP contribution in [0.2, 0.25) is 0 Å². The van der Waals surface area contributed by atoms with Crippen molar-refractivity contribution in [1.29, 1.82) is 0 Å². The molecule has 2 aliphatic rings.